The quantitative estimate of drug-likeness (QED) is 0.546. The van der Waals surface area contributed by atoms with Gasteiger partial charge in [-0.2, -0.15) is 11.8 Å². The van der Waals surface area contributed by atoms with Crippen LogP contribution in [0.3, 0.4) is 0 Å². The number of rotatable bonds is 0. The zero-order chi connectivity index (χ0) is 6.10. The average molecular weight is 142 g/mol. The van der Waals surface area contributed by atoms with Crippen LogP contribution in [0.5, 0.6) is 0 Å². The van der Waals surface area contributed by atoms with Crippen molar-refractivity contribution in [1.29, 1.82) is 0 Å². The van der Waals surface area contributed by atoms with Crippen LogP contribution >= 0.6 is 11.8 Å². The van der Waals surface area contributed by atoms with Crippen molar-refractivity contribution in [3.05, 3.63) is 5.75 Å². The van der Waals surface area contributed by atoms with E-state index in [1.165, 1.54) is 25.9 Å². The van der Waals surface area contributed by atoms with Crippen LogP contribution in [-0.2, 0) is 0 Å². The number of nitrogens with one attached hydrogen (secondary N) is 1. The average Bonchev–Trinajstić information content (AvgIpc) is 2.33. The molecule has 2 aliphatic heterocycles. The lowest BCUT2D eigenvalue weighted by molar-refractivity contribution is 0.399. The molecule has 1 N–H and O–H groups in total. The molecular formula is C7H12NS. The molecule has 2 fully saturated rings. The minimum Gasteiger partial charge on any atom is -0.316 e. The Bertz CT molecular complexity index is 93.1. The van der Waals surface area contributed by atoms with Crippen LogP contribution in [0, 0.1) is 11.7 Å². The predicted molar refractivity (Wildman–Crippen MR) is 41.3 cm³/mol. The highest BCUT2D eigenvalue weighted by atomic mass is 32.2. The van der Waals surface area contributed by atoms with Crippen LogP contribution in [0.25, 0.3) is 0 Å². The van der Waals surface area contributed by atoms with Gasteiger partial charge in [0.2, 0.25) is 0 Å². The fourth-order valence-corrected chi connectivity index (χ4v) is 2.90. The lowest BCUT2D eigenvalue weighted by atomic mass is 9.96. The molecule has 2 heteroatoms. The molecule has 1 radical (unpaired) electrons. The number of hydrogen-bond acceptors (Lipinski definition) is 2. The third kappa shape index (κ3) is 1.10. The first kappa shape index (κ1) is 6.05. The number of thioether (sulfide) groups is 1. The van der Waals surface area contributed by atoms with Gasteiger partial charge in [-0.05, 0) is 25.3 Å². The van der Waals surface area contributed by atoms with Crippen molar-refractivity contribution < 1.29 is 0 Å². The molecule has 9 heavy (non-hydrogen) atoms. The van der Waals surface area contributed by atoms with E-state index >= 15 is 0 Å². The van der Waals surface area contributed by atoms with Crippen LogP contribution in [0.1, 0.15) is 12.8 Å². The van der Waals surface area contributed by atoms with Crippen molar-refractivity contribution in [2.24, 2.45) is 5.92 Å². The summed E-state index contributed by atoms with van der Waals surface area (Å²) in [6.45, 7) is 2.49. The van der Waals surface area contributed by atoms with Crippen LogP contribution in [0.2, 0.25) is 0 Å². The molecule has 0 bridgehead atoms. The minimum atomic E-state index is 0.916. The molecule has 2 atom stereocenters. The van der Waals surface area contributed by atoms with Crippen LogP contribution < -0.4 is 5.32 Å². The molecule has 0 saturated carbocycles. The van der Waals surface area contributed by atoms with Crippen molar-refractivity contribution in [2.75, 3.05) is 13.1 Å². The molecule has 0 aromatic rings. The van der Waals surface area contributed by atoms with E-state index in [2.05, 4.69) is 11.1 Å². The molecule has 0 aromatic heterocycles. The maximum Gasteiger partial charge on any atom is 0.0204 e. The van der Waals surface area contributed by atoms with Crippen LogP contribution in [0.15, 0.2) is 0 Å². The smallest absolute Gasteiger partial charge is 0.0204 e. The van der Waals surface area contributed by atoms with E-state index in [1.54, 1.807) is 0 Å². The van der Waals surface area contributed by atoms with Gasteiger partial charge in [0.05, 0.1) is 0 Å². The number of hydrogen-bond donors (Lipinski definition) is 1. The molecule has 2 rings (SSSR count). The fraction of sp³-hybridized carbons (Fsp3) is 0.857. The molecule has 2 saturated heterocycles. The highest BCUT2D eigenvalue weighted by molar-refractivity contribution is 8.02. The fourth-order valence-electron chi connectivity index (χ4n) is 1.62. The Morgan fingerprint density at radius 2 is 2.56 bits per heavy atom. The van der Waals surface area contributed by atoms with Crippen LogP contribution in [0.4, 0.5) is 0 Å². The Balaban J connectivity index is 1.97. The van der Waals surface area contributed by atoms with Crippen molar-refractivity contribution in [1.82, 2.24) is 5.32 Å². The van der Waals surface area contributed by atoms with Gasteiger partial charge < -0.3 is 5.32 Å². The number of piperidine rings is 1. The second-order valence-corrected chi connectivity index (χ2v) is 4.04. The third-order valence-corrected chi connectivity index (χ3v) is 3.52. The van der Waals surface area contributed by atoms with E-state index in [1.807, 2.05) is 11.8 Å². The van der Waals surface area contributed by atoms with E-state index in [9.17, 15) is 0 Å². The van der Waals surface area contributed by atoms with E-state index in [0.29, 0.717) is 0 Å². The van der Waals surface area contributed by atoms with Crippen molar-refractivity contribution in [3.63, 3.8) is 0 Å². The summed E-state index contributed by atoms with van der Waals surface area (Å²) in [4.78, 5) is 0. The summed E-state index contributed by atoms with van der Waals surface area (Å²) in [5.41, 5.74) is 0. The summed E-state index contributed by atoms with van der Waals surface area (Å²) in [5, 5.41) is 4.33. The largest absolute Gasteiger partial charge is 0.316 e. The summed E-state index contributed by atoms with van der Waals surface area (Å²) in [6.07, 6.45) is 2.76. The van der Waals surface area contributed by atoms with Crippen molar-refractivity contribution in [3.8, 4) is 0 Å². The van der Waals surface area contributed by atoms with E-state index in [4.69, 9.17) is 0 Å². The molecule has 1 nitrogen and oxygen atoms in total. The highest BCUT2D eigenvalue weighted by Crippen LogP contribution is 2.38. The highest BCUT2D eigenvalue weighted by Gasteiger charge is 2.29. The van der Waals surface area contributed by atoms with Crippen molar-refractivity contribution in [2.45, 2.75) is 18.1 Å². The van der Waals surface area contributed by atoms with Gasteiger partial charge in [-0.15, -0.1) is 0 Å². The normalized spacial score (nSPS) is 42.7. The van der Waals surface area contributed by atoms with Gasteiger partial charge >= 0.3 is 0 Å². The molecule has 2 unspecified atom stereocenters. The van der Waals surface area contributed by atoms with Gasteiger partial charge in [-0.1, -0.05) is 0 Å². The molecule has 2 aliphatic rings. The van der Waals surface area contributed by atoms with E-state index < -0.39 is 0 Å². The first-order chi connectivity index (χ1) is 4.47. The number of fused-ring (bicyclic) bond motifs is 1. The van der Waals surface area contributed by atoms with Crippen LogP contribution in [-0.4, -0.2) is 18.3 Å². The SMILES string of the molecule is [CH]1CC2CCNCC2S1. The van der Waals surface area contributed by atoms with Gasteiger partial charge in [-0.3, -0.25) is 0 Å². The first-order valence-electron chi connectivity index (χ1n) is 3.64. The summed E-state index contributed by atoms with van der Waals surface area (Å²) in [6, 6.07) is 0. The second-order valence-electron chi connectivity index (χ2n) is 2.83. The van der Waals surface area contributed by atoms with E-state index in [-0.39, 0.29) is 0 Å². The lowest BCUT2D eigenvalue weighted by Crippen LogP contribution is -2.35. The minimum absolute atomic E-state index is 0.916. The third-order valence-electron chi connectivity index (χ3n) is 2.23. The van der Waals surface area contributed by atoms with Gasteiger partial charge in [-0.25, -0.2) is 0 Å². The van der Waals surface area contributed by atoms with Crippen molar-refractivity contribution >= 4 is 11.8 Å². The Morgan fingerprint density at radius 3 is 3.44 bits per heavy atom. The Labute approximate surface area is 60.6 Å². The standard InChI is InChI=1S/C7H12NS/c1-3-8-5-7-6(1)2-4-9-7/h4,6-8H,1-3,5H2. The van der Waals surface area contributed by atoms with Gasteiger partial charge in [0.15, 0.2) is 0 Å². The predicted octanol–water partition coefficient (Wildman–Crippen LogP) is 1.26. The van der Waals surface area contributed by atoms with E-state index in [0.717, 1.165) is 11.2 Å². The molecular weight excluding hydrogens is 130 g/mol. The second kappa shape index (κ2) is 2.51. The van der Waals surface area contributed by atoms with Gasteiger partial charge in [0.1, 0.15) is 0 Å². The molecule has 0 aliphatic carbocycles. The topological polar surface area (TPSA) is 12.0 Å². The molecule has 0 spiro atoms. The van der Waals surface area contributed by atoms with Gasteiger partial charge in [0, 0.05) is 17.5 Å². The Kier molecular flexibility index (Phi) is 1.68. The Morgan fingerprint density at radius 1 is 1.56 bits per heavy atom. The maximum absolute atomic E-state index is 3.42. The summed E-state index contributed by atoms with van der Waals surface area (Å²) < 4.78 is 0. The zero-order valence-electron chi connectivity index (χ0n) is 5.47. The summed E-state index contributed by atoms with van der Waals surface area (Å²) in [7, 11) is 0. The lowest BCUT2D eigenvalue weighted by Gasteiger charge is -2.24. The maximum atomic E-state index is 3.42. The summed E-state index contributed by atoms with van der Waals surface area (Å²) in [5.74, 6) is 3.39. The zero-order valence-corrected chi connectivity index (χ0v) is 6.29. The monoisotopic (exact) mass is 142 g/mol. The molecule has 51 valence electrons. The molecule has 2 heterocycles. The molecule has 0 amide bonds. The Hall–Kier alpha value is 0.310. The van der Waals surface area contributed by atoms with Gasteiger partial charge in [0.25, 0.3) is 0 Å². The first-order valence-corrected chi connectivity index (χ1v) is 4.59. The molecule has 0 aromatic carbocycles. The summed E-state index contributed by atoms with van der Waals surface area (Å²) >= 11 is 2.04.